The predicted octanol–water partition coefficient (Wildman–Crippen LogP) is 5.61. The van der Waals surface area contributed by atoms with Crippen LogP contribution in [0.4, 0.5) is 0 Å². The molecule has 0 spiro atoms. The highest BCUT2D eigenvalue weighted by atomic mass is 16.7. The van der Waals surface area contributed by atoms with Crippen LogP contribution in [0.5, 0.6) is 5.75 Å². The first-order chi connectivity index (χ1) is 13.4. The van der Waals surface area contributed by atoms with Gasteiger partial charge in [-0.3, -0.25) is 4.79 Å². The number of hydrogen-bond donors (Lipinski definition) is 0. The largest absolute Gasteiger partial charge is 0.404 e. The van der Waals surface area contributed by atoms with E-state index in [2.05, 4.69) is 32.9 Å². The summed E-state index contributed by atoms with van der Waals surface area (Å²) in [6, 6.07) is 25.8. The van der Waals surface area contributed by atoms with E-state index in [0.29, 0.717) is 6.42 Å². The molecule has 3 nitrogen and oxygen atoms in total. The smallest absolute Gasteiger partial charge is 0.167 e. The lowest BCUT2D eigenvalue weighted by molar-refractivity contribution is -0.128. The first kappa shape index (κ1) is 18.5. The molecule has 0 bridgehead atoms. The number of hydroxylamine groups is 2. The third kappa shape index (κ3) is 3.46. The summed E-state index contributed by atoms with van der Waals surface area (Å²) in [5, 5.41) is 2.05. The molecule has 0 fully saturated rings. The van der Waals surface area contributed by atoms with Crippen LogP contribution in [0.1, 0.15) is 53.9 Å². The number of Topliss-reactive ketones (excluding diaryl/α,β-unsaturated/α-hetero) is 1. The molecule has 0 amide bonds. The molecule has 3 aromatic rings. The van der Waals surface area contributed by atoms with Crippen molar-refractivity contribution in [2.75, 3.05) is 0 Å². The van der Waals surface area contributed by atoms with Crippen LogP contribution in [0.15, 0.2) is 78.9 Å². The van der Waals surface area contributed by atoms with Crippen molar-refractivity contribution in [3.63, 3.8) is 0 Å². The zero-order valence-electron chi connectivity index (χ0n) is 16.6. The lowest BCUT2D eigenvalue weighted by Crippen LogP contribution is -2.43. The van der Waals surface area contributed by atoms with Crippen LogP contribution < -0.4 is 4.84 Å². The third-order valence-electron chi connectivity index (χ3n) is 5.08. The summed E-state index contributed by atoms with van der Waals surface area (Å²) in [6.07, 6.45) is 0.359. The van der Waals surface area contributed by atoms with Gasteiger partial charge in [-0.15, -0.1) is 5.06 Å². The zero-order valence-corrected chi connectivity index (χ0v) is 16.6. The molecule has 0 saturated carbocycles. The molecule has 28 heavy (non-hydrogen) atoms. The highest BCUT2D eigenvalue weighted by molar-refractivity contribution is 5.97. The first-order valence-corrected chi connectivity index (χ1v) is 9.67. The third-order valence-corrected chi connectivity index (χ3v) is 5.08. The van der Waals surface area contributed by atoms with Gasteiger partial charge in [0, 0.05) is 23.1 Å². The fraction of sp³-hybridized carbons (Fsp3) is 0.240. The Kier molecular flexibility index (Phi) is 4.78. The summed E-state index contributed by atoms with van der Waals surface area (Å²) in [7, 11) is 0. The van der Waals surface area contributed by atoms with Crippen molar-refractivity contribution >= 4 is 5.78 Å². The summed E-state index contributed by atoms with van der Waals surface area (Å²) in [5.74, 6) is 0.956. The molecule has 0 radical (unpaired) electrons. The Bertz CT molecular complexity index is 974. The van der Waals surface area contributed by atoms with Crippen LogP contribution in [0.2, 0.25) is 0 Å². The number of carbonyl (C=O) groups is 1. The van der Waals surface area contributed by atoms with Crippen molar-refractivity contribution in [3.05, 3.63) is 101 Å². The fourth-order valence-electron chi connectivity index (χ4n) is 3.77. The molecule has 3 heteroatoms. The van der Waals surface area contributed by atoms with Gasteiger partial charge in [-0.1, -0.05) is 72.8 Å². The van der Waals surface area contributed by atoms with Crippen molar-refractivity contribution in [2.24, 2.45) is 0 Å². The van der Waals surface area contributed by atoms with Crippen LogP contribution in [0.25, 0.3) is 0 Å². The summed E-state index contributed by atoms with van der Waals surface area (Å²) in [5.41, 5.74) is 3.82. The molecule has 0 saturated heterocycles. The summed E-state index contributed by atoms with van der Waals surface area (Å²) in [4.78, 5) is 19.2. The summed E-state index contributed by atoms with van der Waals surface area (Å²) in [6.45, 7) is 6.43. The summed E-state index contributed by atoms with van der Waals surface area (Å²) >= 11 is 0. The van der Waals surface area contributed by atoms with Gasteiger partial charge >= 0.3 is 0 Å². The van der Waals surface area contributed by atoms with Crippen LogP contribution in [0, 0.1) is 0 Å². The van der Waals surface area contributed by atoms with E-state index < -0.39 is 0 Å². The number of nitrogens with zero attached hydrogens (tertiary/aromatic N) is 1. The highest BCUT2D eigenvalue weighted by Crippen LogP contribution is 2.46. The molecule has 1 aliphatic rings. The van der Waals surface area contributed by atoms with Crippen molar-refractivity contribution in [3.8, 4) is 5.75 Å². The Morgan fingerprint density at radius 1 is 0.893 bits per heavy atom. The average molecular weight is 371 g/mol. The Morgan fingerprint density at radius 2 is 1.54 bits per heavy atom. The minimum Gasteiger partial charge on any atom is -0.404 e. The van der Waals surface area contributed by atoms with Crippen LogP contribution in [-0.4, -0.2) is 16.4 Å². The quantitative estimate of drug-likeness (QED) is 0.558. The van der Waals surface area contributed by atoms with Gasteiger partial charge in [0.05, 0.1) is 0 Å². The monoisotopic (exact) mass is 371 g/mol. The van der Waals surface area contributed by atoms with Crippen LogP contribution in [0.3, 0.4) is 0 Å². The minimum atomic E-state index is -0.194. The predicted molar refractivity (Wildman–Crippen MR) is 111 cm³/mol. The molecular formula is C25H25NO2. The van der Waals surface area contributed by atoms with Gasteiger partial charge in [0.15, 0.2) is 11.5 Å². The maximum absolute atomic E-state index is 12.9. The number of fused-ring (bicyclic) bond motifs is 1. The molecule has 1 aliphatic heterocycles. The second kappa shape index (κ2) is 7.25. The van der Waals surface area contributed by atoms with E-state index in [0.717, 1.165) is 28.0 Å². The van der Waals surface area contributed by atoms with E-state index >= 15 is 0 Å². The Balaban J connectivity index is 1.78. The highest BCUT2D eigenvalue weighted by Gasteiger charge is 2.41. The normalized spacial score (nSPS) is 16.5. The van der Waals surface area contributed by atoms with E-state index in [1.165, 1.54) is 0 Å². The number of carbonyl (C=O) groups excluding carboxylic acids is 1. The summed E-state index contributed by atoms with van der Waals surface area (Å²) < 4.78 is 0. The van der Waals surface area contributed by atoms with Gasteiger partial charge in [-0.05, 0) is 38.0 Å². The number of benzene rings is 3. The van der Waals surface area contributed by atoms with E-state index in [1.54, 1.807) is 0 Å². The molecular weight excluding hydrogens is 346 g/mol. The number of hydrogen-bond acceptors (Lipinski definition) is 3. The fourth-order valence-corrected chi connectivity index (χ4v) is 3.77. The van der Waals surface area contributed by atoms with E-state index in [9.17, 15) is 4.79 Å². The standard InChI is InChI=1S/C25H25NO2/c1-25(2,3)26-24(19-13-8-5-9-14-19)23-20(15-10-16-22(23)28-26)17-21(27)18-11-6-4-7-12-18/h4-16,24H,17H2,1-3H3. The Morgan fingerprint density at radius 3 is 2.18 bits per heavy atom. The molecule has 142 valence electrons. The van der Waals surface area contributed by atoms with Crippen LogP contribution in [-0.2, 0) is 6.42 Å². The van der Waals surface area contributed by atoms with Crippen LogP contribution >= 0.6 is 0 Å². The van der Waals surface area contributed by atoms with Crippen molar-refractivity contribution < 1.29 is 9.63 Å². The molecule has 0 N–H and O–H groups in total. The van der Waals surface area contributed by atoms with E-state index in [1.807, 2.05) is 71.8 Å². The molecule has 4 rings (SSSR count). The second-order valence-electron chi connectivity index (χ2n) is 8.20. The molecule has 1 atom stereocenters. The number of rotatable bonds is 4. The Labute approximate surface area is 166 Å². The average Bonchev–Trinajstić information content (AvgIpc) is 3.10. The minimum absolute atomic E-state index is 0.0454. The van der Waals surface area contributed by atoms with Gasteiger partial charge < -0.3 is 4.84 Å². The molecule has 0 aliphatic carbocycles. The van der Waals surface area contributed by atoms with Crippen molar-refractivity contribution in [1.29, 1.82) is 0 Å². The molecule has 0 aromatic heterocycles. The molecule has 3 aromatic carbocycles. The molecule has 1 heterocycles. The zero-order chi connectivity index (χ0) is 19.7. The van der Waals surface area contributed by atoms with Crippen molar-refractivity contribution in [1.82, 2.24) is 5.06 Å². The van der Waals surface area contributed by atoms with Gasteiger partial charge in [-0.2, -0.15) is 0 Å². The first-order valence-electron chi connectivity index (χ1n) is 9.67. The van der Waals surface area contributed by atoms with Gasteiger partial charge in [0.25, 0.3) is 0 Å². The SMILES string of the molecule is CC(C)(C)N1Oc2cccc(CC(=O)c3ccccc3)c2C1c1ccccc1. The van der Waals surface area contributed by atoms with Gasteiger partial charge in [0.1, 0.15) is 6.04 Å². The lowest BCUT2D eigenvalue weighted by atomic mass is 9.89. The maximum atomic E-state index is 12.9. The second-order valence-corrected chi connectivity index (χ2v) is 8.20. The van der Waals surface area contributed by atoms with E-state index in [-0.39, 0.29) is 17.4 Å². The van der Waals surface area contributed by atoms with Crippen molar-refractivity contribution in [2.45, 2.75) is 38.8 Å². The van der Waals surface area contributed by atoms with Gasteiger partial charge in [-0.25, -0.2) is 0 Å². The van der Waals surface area contributed by atoms with Gasteiger partial charge in [0.2, 0.25) is 0 Å². The number of ketones is 1. The molecule has 1 unspecified atom stereocenters. The lowest BCUT2D eigenvalue weighted by Gasteiger charge is -2.35. The topological polar surface area (TPSA) is 29.5 Å². The Hall–Kier alpha value is -2.91. The van der Waals surface area contributed by atoms with E-state index in [4.69, 9.17) is 4.84 Å². The maximum Gasteiger partial charge on any atom is 0.167 e.